The molecule has 96 valence electrons. The summed E-state index contributed by atoms with van der Waals surface area (Å²) >= 11 is 0. The first-order valence-corrected chi connectivity index (χ1v) is 6.56. The maximum atomic E-state index is 12.8. The number of carbonyl (C=O) groups excluding carboxylic acids is 2. The summed E-state index contributed by atoms with van der Waals surface area (Å²) < 4.78 is 0. The van der Waals surface area contributed by atoms with Crippen LogP contribution in [-0.2, 0) is 0 Å². The van der Waals surface area contributed by atoms with E-state index in [-0.39, 0.29) is 23.4 Å². The molecular weight excluding hydrogens is 236 g/mol. The fourth-order valence-electron chi connectivity index (χ4n) is 3.20. The number of hydrogen-bond donors (Lipinski definition) is 0. The van der Waals surface area contributed by atoms with Gasteiger partial charge in [-0.25, -0.2) is 0 Å². The molecule has 0 bridgehead atoms. The minimum Gasteiger partial charge on any atom is -0.293 e. The summed E-state index contributed by atoms with van der Waals surface area (Å²) in [6.45, 7) is 5.74. The van der Waals surface area contributed by atoms with E-state index in [1.165, 1.54) is 0 Å². The summed E-state index contributed by atoms with van der Waals surface area (Å²) in [4.78, 5) is 25.4. The van der Waals surface area contributed by atoms with Gasteiger partial charge in [0, 0.05) is 11.1 Å². The number of fused-ring (bicyclic) bond motifs is 2. The molecule has 0 spiro atoms. The van der Waals surface area contributed by atoms with Crippen molar-refractivity contribution in [3.8, 4) is 0 Å². The Hall–Kier alpha value is -1.96. The zero-order valence-electron chi connectivity index (χ0n) is 11.4. The minimum atomic E-state index is -0.314. The molecule has 2 unspecified atom stereocenters. The second-order valence-electron chi connectivity index (χ2n) is 5.48. The molecule has 0 fully saturated rings. The van der Waals surface area contributed by atoms with Crippen molar-refractivity contribution in [1.29, 1.82) is 0 Å². The van der Waals surface area contributed by atoms with E-state index in [1.807, 2.05) is 51.1 Å². The first kappa shape index (κ1) is 12.1. The number of rotatable bonds is 0. The third kappa shape index (κ3) is 1.56. The van der Waals surface area contributed by atoms with Gasteiger partial charge in [-0.1, -0.05) is 35.9 Å². The molecule has 1 aromatic carbocycles. The lowest BCUT2D eigenvalue weighted by atomic mass is 9.68. The minimum absolute atomic E-state index is 0.0875. The first-order valence-electron chi connectivity index (χ1n) is 6.56. The van der Waals surface area contributed by atoms with Crippen molar-refractivity contribution in [3.63, 3.8) is 0 Å². The van der Waals surface area contributed by atoms with E-state index in [4.69, 9.17) is 0 Å². The summed E-state index contributed by atoms with van der Waals surface area (Å²) in [5.74, 6) is -0.431. The zero-order chi connectivity index (χ0) is 13.7. The molecule has 0 aliphatic heterocycles. The van der Waals surface area contributed by atoms with E-state index < -0.39 is 0 Å². The second kappa shape index (κ2) is 4.02. The van der Waals surface area contributed by atoms with Crippen LogP contribution in [0.15, 0.2) is 35.9 Å². The van der Waals surface area contributed by atoms with E-state index in [1.54, 1.807) is 0 Å². The molecule has 2 atom stereocenters. The molecule has 1 aromatic rings. The highest BCUT2D eigenvalue weighted by Gasteiger charge is 2.42. The predicted octanol–water partition coefficient (Wildman–Crippen LogP) is 3.43. The molecule has 19 heavy (non-hydrogen) atoms. The highest BCUT2D eigenvalue weighted by atomic mass is 16.1. The van der Waals surface area contributed by atoms with E-state index in [2.05, 4.69) is 0 Å². The van der Waals surface area contributed by atoms with Crippen molar-refractivity contribution in [3.05, 3.63) is 58.2 Å². The van der Waals surface area contributed by atoms with Crippen LogP contribution in [0.25, 0.3) is 0 Å². The van der Waals surface area contributed by atoms with Gasteiger partial charge in [-0.3, -0.25) is 9.59 Å². The average Bonchev–Trinajstić information content (AvgIpc) is 2.38. The lowest BCUT2D eigenvalue weighted by molar-refractivity contribution is 0.0792. The largest absolute Gasteiger partial charge is 0.293 e. The molecule has 0 radical (unpaired) electrons. The van der Waals surface area contributed by atoms with Gasteiger partial charge in [0.25, 0.3) is 0 Å². The van der Waals surface area contributed by atoms with Crippen molar-refractivity contribution in [2.45, 2.75) is 20.8 Å². The van der Waals surface area contributed by atoms with E-state index >= 15 is 0 Å². The number of ketones is 2. The van der Waals surface area contributed by atoms with Crippen molar-refractivity contribution in [2.75, 3.05) is 0 Å². The molecule has 2 aliphatic rings. The van der Waals surface area contributed by atoms with Crippen LogP contribution in [0.2, 0.25) is 0 Å². The number of allylic oxidation sites excluding steroid dienone is 4. The van der Waals surface area contributed by atoms with Crippen LogP contribution in [0, 0.1) is 25.7 Å². The Balaban J connectivity index is 2.30. The number of Topliss-reactive ketones (excluding diaryl/α,β-unsaturated/α-hetero) is 2. The van der Waals surface area contributed by atoms with Crippen LogP contribution < -0.4 is 0 Å². The van der Waals surface area contributed by atoms with Gasteiger partial charge < -0.3 is 0 Å². The fraction of sp³-hybridized carbons (Fsp3) is 0.294. The van der Waals surface area contributed by atoms with Crippen molar-refractivity contribution in [1.82, 2.24) is 0 Å². The molecule has 0 aromatic heterocycles. The smallest absolute Gasteiger partial charge is 0.172 e. The van der Waals surface area contributed by atoms with E-state index in [9.17, 15) is 9.59 Å². The number of carbonyl (C=O) groups is 2. The van der Waals surface area contributed by atoms with Crippen LogP contribution >= 0.6 is 0 Å². The SMILES string of the molecule is CC1=CC=CC2C(=O)c3c(C)ccc(C)c3C(=O)C12. The molecule has 2 aliphatic carbocycles. The molecule has 2 nitrogen and oxygen atoms in total. The maximum Gasteiger partial charge on any atom is 0.172 e. The molecule has 0 saturated carbocycles. The van der Waals surface area contributed by atoms with Gasteiger partial charge in [0.2, 0.25) is 0 Å². The topological polar surface area (TPSA) is 34.1 Å². The standard InChI is InChI=1S/C17H16O2/c1-9-5-4-6-12-13(9)17(19)15-11(3)8-7-10(2)14(15)16(12)18/h4-8,12-13H,1-3H3. The van der Waals surface area contributed by atoms with E-state index in [0.29, 0.717) is 11.1 Å². The van der Waals surface area contributed by atoms with Gasteiger partial charge in [0.05, 0.1) is 11.8 Å². The van der Waals surface area contributed by atoms with Gasteiger partial charge in [-0.15, -0.1) is 0 Å². The Kier molecular flexibility index (Phi) is 2.56. The monoisotopic (exact) mass is 252 g/mol. The zero-order valence-corrected chi connectivity index (χ0v) is 11.4. The Labute approximate surface area is 112 Å². The van der Waals surface area contributed by atoms with E-state index in [0.717, 1.165) is 16.7 Å². The lowest BCUT2D eigenvalue weighted by Crippen LogP contribution is -2.38. The summed E-state index contributed by atoms with van der Waals surface area (Å²) in [6.07, 6.45) is 5.68. The molecule has 0 saturated heterocycles. The molecule has 2 heteroatoms. The average molecular weight is 252 g/mol. The van der Waals surface area contributed by atoms with Gasteiger partial charge >= 0.3 is 0 Å². The lowest BCUT2D eigenvalue weighted by Gasteiger charge is -2.32. The fourth-order valence-corrected chi connectivity index (χ4v) is 3.20. The number of hydrogen-bond acceptors (Lipinski definition) is 2. The van der Waals surface area contributed by atoms with Crippen LogP contribution in [0.4, 0.5) is 0 Å². The number of aryl methyl sites for hydroxylation is 2. The molecule has 0 heterocycles. The summed E-state index contributed by atoms with van der Waals surface area (Å²) in [5.41, 5.74) is 4.05. The summed E-state index contributed by atoms with van der Waals surface area (Å²) in [6, 6.07) is 3.85. The van der Waals surface area contributed by atoms with Gasteiger partial charge in [-0.05, 0) is 31.9 Å². The molecule has 0 amide bonds. The van der Waals surface area contributed by atoms with Crippen LogP contribution in [0.1, 0.15) is 38.8 Å². The van der Waals surface area contributed by atoms with Gasteiger partial charge in [-0.2, -0.15) is 0 Å². The normalized spacial score (nSPS) is 24.9. The quantitative estimate of drug-likeness (QED) is 0.709. The van der Waals surface area contributed by atoms with Crippen LogP contribution in [0.3, 0.4) is 0 Å². The predicted molar refractivity (Wildman–Crippen MR) is 74.5 cm³/mol. The van der Waals surface area contributed by atoms with Crippen molar-refractivity contribution >= 4 is 11.6 Å². The third-order valence-corrected chi connectivity index (χ3v) is 4.23. The Morgan fingerprint density at radius 3 is 2.11 bits per heavy atom. The van der Waals surface area contributed by atoms with Crippen molar-refractivity contribution in [2.24, 2.45) is 11.8 Å². The first-order chi connectivity index (χ1) is 9.02. The van der Waals surface area contributed by atoms with Gasteiger partial charge in [0.1, 0.15) is 0 Å². The van der Waals surface area contributed by atoms with Crippen LogP contribution in [-0.4, -0.2) is 11.6 Å². The number of benzene rings is 1. The molecular formula is C17H16O2. The van der Waals surface area contributed by atoms with Crippen LogP contribution in [0.5, 0.6) is 0 Å². The Morgan fingerprint density at radius 2 is 1.47 bits per heavy atom. The molecule has 3 rings (SSSR count). The highest BCUT2D eigenvalue weighted by molar-refractivity contribution is 6.19. The third-order valence-electron chi connectivity index (χ3n) is 4.23. The summed E-state index contributed by atoms with van der Waals surface area (Å²) in [5, 5.41) is 0. The molecule has 0 N–H and O–H groups in total. The van der Waals surface area contributed by atoms with Gasteiger partial charge in [0.15, 0.2) is 11.6 Å². The summed E-state index contributed by atoms with van der Waals surface area (Å²) in [7, 11) is 0. The Bertz CT molecular complexity index is 662. The maximum absolute atomic E-state index is 12.8. The second-order valence-corrected chi connectivity index (χ2v) is 5.48. The highest BCUT2D eigenvalue weighted by Crippen LogP contribution is 2.39. The van der Waals surface area contributed by atoms with Crippen molar-refractivity contribution < 1.29 is 9.59 Å². The Morgan fingerprint density at radius 1 is 0.895 bits per heavy atom.